The van der Waals surface area contributed by atoms with Crippen LogP contribution in [-0.2, 0) is 4.43 Å². The molecule has 2 N–H and O–H groups in total. The molecule has 38 heavy (non-hydrogen) atoms. The van der Waals surface area contributed by atoms with E-state index in [2.05, 4.69) is 108 Å². The number of aliphatic hydroxyl groups is 2. The van der Waals surface area contributed by atoms with Crippen LogP contribution in [0.4, 0.5) is 0 Å². The molecule has 0 saturated heterocycles. The molecule has 2 aromatic rings. The lowest BCUT2D eigenvalue weighted by Gasteiger charge is -2.57. The van der Waals surface area contributed by atoms with Crippen LogP contribution in [0.2, 0.25) is 5.04 Å². The van der Waals surface area contributed by atoms with E-state index in [1.54, 1.807) is 0 Å². The average molecular weight is 533 g/mol. The number of allylic oxidation sites excluding steroid dienone is 1. The van der Waals surface area contributed by atoms with Gasteiger partial charge in [0.15, 0.2) is 0 Å². The van der Waals surface area contributed by atoms with E-state index in [0.29, 0.717) is 6.61 Å². The number of aliphatic hydroxyl groups excluding tert-OH is 1. The minimum Gasteiger partial charge on any atom is -0.407 e. The summed E-state index contributed by atoms with van der Waals surface area (Å²) in [6.45, 7) is 14.2. The quantitative estimate of drug-likeness (QED) is 0.343. The molecular weight excluding hydrogens is 484 g/mol. The SMILES string of the molecule is CC(C)[C@@]1(O)CC[C@]2(CO[Si](c3ccccc3)(c3ccccc3)C(C)(C)C)CC[C@]3(C)C(=CCC[C@@H]3O)[C@@H]21. The Kier molecular flexibility index (Phi) is 7.12. The third kappa shape index (κ3) is 4.09. The summed E-state index contributed by atoms with van der Waals surface area (Å²) < 4.78 is 7.56. The first-order valence-corrected chi connectivity index (χ1v) is 16.7. The summed E-state index contributed by atoms with van der Waals surface area (Å²) in [6.07, 6.45) is 7.45. The summed E-state index contributed by atoms with van der Waals surface area (Å²) in [5.74, 6) is 0.159. The van der Waals surface area contributed by atoms with Gasteiger partial charge < -0.3 is 14.6 Å². The van der Waals surface area contributed by atoms with Gasteiger partial charge in [-0.25, -0.2) is 0 Å². The van der Waals surface area contributed by atoms with Crippen LogP contribution in [-0.4, -0.2) is 36.8 Å². The van der Waals surface area contributed by atoms with E-state index in [1.807, 2.05) is 0 Å². The third-order valence-corrected chi connectivity index (χ3v) is 15.8. The predicted octanol–water partition coefficient (Wildman–Crippen LogP) is 6.23. The standard InChI is InChI=1S/C34H48O3Si/c1-25(2)34(36)23-22-33(21-20-32(6)28(30(33)34)18-13-19-29(32)35)24-37-38(31(3,4)5,26-14-9-7-10-15-26)27-16-11-8-12-17-27/h7-12,14-18,25,29-30,35-36H,13,19-24H2,1-6H3/t29-,30-,32+,33-,34-/m0/s1. The van der Waals surface area contributed by atoms with Crippen molar-refractivity contribution in [3.63, 3.8) is 0 Å². The largest absolute Gasteiger partial charge is 0.407 e. The van der Waals surface area contributed by atoms with Gasteiger partial charge in [-0.3, -0.25) is 0 Å². The second-order valence-electron chi connectivity index (χ2n) is 14.1. The van der Waals surface area contributed by atoms with Crippen molar-refractivity contribution >= 4 is 18.7 Å². The highest BCUT2D eigenvalue weighted by Gasteiger charge is 2.65. The molecule has 3 nitrogen and oxygen atoms in total. The molecule has 3 aliphatic rings. The normalized spacial score (nSPS) is 33.6. The average Bonchev–Trinajstić information content (AvgIpc) is 3.20. The molecule has 0 unspecified atom stereocenters. The summed E-state index contributed by atoms with van der Waals surface area (Å²) >= 11 is 0. The van der Waals surface area contributed by atoms with Gasteiger partial charge in [0.25, 0.3) is 8.32 Å². The van der Waals surface area contributed by atoms with Gasteiger partial charge in [0.05, 0.1) is 11.7 Å². The van der Waals surface area contributed by atoms with E-state index >= 15 is 0 Å². The van der Waals surface area contributed by atoms with Gasteiger partial charge in [0.2, 0.25) is 0 Å². The maximum absolute atomic E-state index is 12.3. The molecule has 2 fully saturated rings. The Morgan fingerprint density at radius 3 is 2.00 bits per heavy atom. The molecule has 3 aliphatic carbocycles. The maximum atomic E-state index is 12.3. The van der Waals surface area contributed by atoms with Gasteiger partial charge in [0.1, 0.15) is 0 Å². The lowest BCUT2D eigenvalue weighted by Crippen LogP contribution is -2.67. The van der Waals surface area contributed by atoms with E-state index in [9.17, 15) is 10.2 Å². The van der Waals surface area contributed by atoms with Crippen LogP contribution < -0.4 is 10.4 Å². The lowest BCUT2D eigenvalue weighted by molar-refractivity contribution is -0.0975. The molecule has 0 bridgehead atoms. The molecule has 5 rings (SSSR count). The van der Waals surface area contributed by atoms with E-state index < -0.39 is 13.9 Å². The van der Waals surface area contributed by atoms with Crippen molar-refractivity contribution < 1.29 is 14.6 Å². The summed E-state index contributed by atoms with van der Waals surface area (Å²) in [7, 11) is -2.70. The smallest absolute Gasteiger partial charge is 0.261 e. The minimum absolute atomic E-state index is 0.0157. The van der Waals surface area contributed by atoms with Crippen LogP contribution in [0.15, 0.2) is 72.3 Å². The molecule has 0 heterocycles. The summed E-state index contributed by atoms with van der Waals surface area (Å²) in [4.78, 5) is 0. The van der Waals surface area contributed by atoms with Crippen molar-refractivity contribution in [1.29, 1.82) is 0 Å². The highest BCUT2D eigenvalue weighted by atomic mass is 28.4. The van der Waals surface area contributed by atoms with Crippen molar-refractivity contribution in [3.05, 3.63) is 72.3 Å². The van der Waals surface area contributed by atoms with Gasteiger partial charge in [-0.2, -0.15) is 0 Å². The third-order valence-electron chi connectivity index (χ3n) is 10.8. The summed E-state index contributed by atoms with van der Waals surface area (Å²) in [5.41, 5.74) is 0.146. The zero-order valence-corrected chi connectivity index (χ0v) is 25.3. The van der Waals surface area contributed by atoms with E-state index in [4.69, 9.17) is 4.43 Å². The molecule has 2 saturated carbocycles. The Morgan fingerprint density at radius 2 is 1.47 bits per heavy atom. The number of rotatable bonds is 6. The zero-order chi connectivity index (χ0) is 27.4. The summed E-state index contributed by atoms with van der Waals surface area (Å²) in [6, 6.07) is 21.8. The Bertz CT molecular complexity index is 1110. The number of benzene rings is 2. The Labute approximate surface area is 231 Å². The number of hydrogen-bond acceptors (Lipinski definition) is 3. The van der Waals surface area contributed by atoms with Crippen LogP contribution in [0, 0.1) is 22.7 Å². The molecule has 0 aliphatic heterocycles. The monoisotopic (exact) mass is 532 g/mol. The first-order valence-electron chi connectivity index (χ1n) is 14.8. The topological polar surface area (TPSA) is 49.7 Å². The lowest BCUT2D eigenvalue weighted by atomic mass is 9.51. The predicted molar refractivity (Wildman–Crippen MR) is 159 cm³/mol. The second kappa shape index (κ2) is 9.73. The molecule has 0 spiro atoms. The Morgan fingerprint density at radius 1 is 0.921 bits per heavy atom. The number of hydrogen-bond donors (Lipinski definition) is 2. The van der Waals surface area contributed by atoms with Crippen molar-refractivity contribution in [1.82, 2.24) is 0 Å². The molecule has 0 aromatic heterocycles. The fourth-order valence-electron chi connectivity index (χ4n) is 8.41. The van der Waals surface area contributed by atoms with Crippen LogP contribution in [0.5, 0.6) is 0 Å². The first kappa shape index (κ1) is 27.8. The van der Waals surface area contributed by atoms with Crippen molar-refractivity contribution in [2.45, 2.75) is 96.8 Å². The minimum atomic E-state index is -2.70. The van der Waals surface area contributed by atoms with E-state index in [0.717, 1.165) is 38.5 Å². The van der Waals surface area contributed by atoms with Gasteiger partial charge in [-0.15, -0.1) is 0 Å². The highest BCUT2D eigenvalue weighted by Crippen LogP contribution is 2.66. The van der Waals surface area contributed by atoms with Crippen LogP contribution in [0.25, 0.3) is 0 Å². The zero-order valence-electron chi connectivity index (χ0n) is 24.3. The second-order valence-corrected chi connectivity index (χ2v) is 18.4. The molecule has 206 valence electrons. The maximum Gasteiger partial charge on any atom is 0.261 e. The Balaban J connectivity index is 1.63. The fraction of sp³-hybridized carbons (Fsp3) is 0.588. The fourth-order valence-corrected chi connectivity index (χ4v) is 13.1. The van der Waals surface area contributed by atoms with Crippen molar-refractivity contribution in [3.8, 4) is 0 Å². The molecule has 5 atom stereocenters. The van der Waals surface area contributed by atoms with Crippen LogP contribution in [0.3, 0.4) is 0 Å². The molecule has 0 radical (unpaired) electrons. The van der Waals surface area contributed by atoms with Gasteiger partial charge >= 0.3 is 0 Å². The van der Waals surface area contributed by atoms with E-state index in [1.165, 1.54) is 15.9 Å². The van der Waals surface area contributed by atoms with Gasteiger partial charge in [-0.1, -0.05) is 114 Å². The molecular formula is C34H48O3Si. The van der Waals surface area contributed by atoms with E-state index in [-0.39, 0.29) is 33.8 Å². The summed E-state index contributed by atoms with van der Waals surface area (Å²) in [5, 5.41) is 26.0. The molecule has 4 heteroatoms. The van der Waals surface area contributed by atoms with Crippen molar-refractivity contribution in [2.24, 2.45) is 22.7 Å². The Hall–Kier alpha value is -1.72. The molecule has 0 amide bonds. The molecule has 2 aromatic carbocycles. The van der Waals surface area contributed by atoms with Gasteiger partial charge in [-0.05, 0) is 59.9 Å². The van der Waals surface area contributed by atoms with Crippen molar-refractivity contribution in [2.75, 3.05) is 6.61 Å². The first-order chi connectivity index (χ1) is 17.9. The number of fused-ring (bicyclic) bond motifs is 3. The van der Waals surface area contributed by atoms with Crippen LogP contribution >= 0.6 is 0 Å². The highest BCUT2D eigenvalue weighted by molar-refractivity contribution is 6.99. The van der Waals surface area contributed by atoms with Crippen LogP contribution in [0.1, 0.15) is 80.1 Å². The van der Waals surface area contributed by atoms with Gasteiger partial charge in [0, 0.05) is 23.4 Å².